The summed E-state index contributed by atoms with van der Waals surface area (Å²) in [6.07, 6.45) is 0. The number of nitrogens with zero attached hydrogens (tertiary/aromatic N) is 2. The van der Waals surface area contributed by atoms with Gasteiger partial charge in [-0.2, -0.15) is 0 Å². The Morgan fingerprint density at radius 1 is 1.15 bits per heavy atom. The van der Waals surface area contributed by atoms with Gasteiger partial charge in [-0.1, -0.05) is 12.1 Å². The minimum Gasteiger partial charge on any atom is -0.379 e. The van der Waals surface area contributed by atoms with Crippen molar-refractivity contribution in [2.24, 2.45) is 0 Å². The van der Waals surface area contributed by atoms with Gasteiger partial charge in [-0.05, 0) is 29.8 Å². The van der Waals surface area contributed by atoms with Gasteiger partial charge >= 0.3 is 0 Å². The number of halogens is 1. The third-order valence-electron chi connectivity index (χ3n) is 4.54. The van der Waals surface area contributed by atoms with Crippen molar-refractivity contribution in [1.82, 2.24) is 10.2 Å². The highest BCUT2D eigenvalue weighted by atomic mass is 19.1. The Bertz CT molecular complexity index is 790. The van der Waals surface area contributed by atoms with Gasteiger partial charge in [-0.3, -0.25) is 19.8 Å². The summed E-state index contributed by atoms with van der Waals surface area (Å²) in [6, 6.07) is 11.6. The van der Waals surface area contributed by atoms with Gasteiger partial charge in [0.1, 0.15) is 5.82 Å². The number of morpholine rings is 1. The normalized spacial score (nSPS) is 15.9. The number of hydrogen-bond acceptors (Lipinski definition) is 5. The molecule has 142 valence electrons. The number of nitrogens with one attached hydrogen (secondary N) is 1. The van der Waals surface area contributed by atoms with Gasteiger partial charge in [0.15, 0.2) is 0 Å². The van der Waals surface area contributed by atoms with E-state index in [0.717, 1.165) is 18.7 Å². The summed E-state index contributed by atoms with van der Waals surface area (Å²) in [5.41, 5.74) is 1.19. The van der Waals surface area contributed by atoms with Crippen LogP contribution in [0.25, 0.3) is 0 Å². The monoisotopic (exact) mass is 373 g/mol. The molecule has 1 aliphatic heterocycles. The van der Waals surface area contributed by atoms with E-state index < -0.39 is 4.92 Å². The van der Waals surface area contributed by atoms with Crippen molar-refractivity contribution in [3.8, 4) is 0 Å². The van der Waals surface area contributed by atoms with Crippen LogP contribution in [0.5, 0.6) is 0 Å². The van der Waals surface area contributed by atoms with E-state index in [1.807, 2.05) is 0 Å². The van der Waals surface area contributed by atoms with Crippen LogP contribution < -0.4 is 5.32 Å². The highest BCUT2D eigenvalue weighted by Crippen LogP contribution is 2.22. The number of rotatable bonds is 6. The summed E-state index contributed by atoms with van der Waals surface area (Å²) in [7, 11) is 0. The minimum absolute atomic E-state index is 0.0657. The van der Waals surface area contributed by atoms with Gasteiger partial charge in [0.2, 0.25) is 0 Å². The highest BCUT2D eigenvalue weighted by Gasteiger charge is 2.23. The maximum absolute atomic E-state index is 13.3. The van der Waals surface area contributed by atoms with E-state index in [-0.39, 0.29) is 23.5 Å². The standard InChI is InChI=1S/C19H20FN3O4/c20-16-5-1-14(2-6-16)18(22-9-11-27-12-10-22)13-21-19(24)15-3-7-17(8-4-15)23(25)26/h1-8,18H,9-13H2,(H,21,24)/t18-/m0/s1. The smallest absolute Gasteiger partial charge is 0.269 e. The Labute approximate surface area is 155 Å². The first kappa shape index (κ1) is 18.9. The lowest BCUT2D eigenvalue weighted by molar-refractivity contribution is -0.384. The Morgan fingerprint density at radius 2 is 1.78 bits per heavy atom. The highest BCUT2D eigenvalue weighted by molar-refractivity contribution is 5.94. The molecule has 2 aromatic rings. The molecule has 3 rings (SSSR count). The summed E-state index contributed by atoms with van der Waals surface area (Å²) in [4.78, 5) is 24.8. The Balaban J connectivity index is 1.70. The van der Waals surface area contributed by atoms with Crippen LogP contribution in [0.15, 0.2) is 48.5 Å². The zero-order valence-corrected chi connectivity index (χ0v) is 14.6. The minimum atomic E-state index is -0.509. The van der Waals surface area contributed by atoms with Crippen LogP contribution >= 0.6 is 0 Å². The molecule has 1 saturated heterocycles. The Morgan fingerprint density at radius 3 is 2.37 bits per heavy atom. The molecule has 0 unspecified atom stereocenters. The number of carbonyl (C=O) groups excluding carboxylic acids is 1. The average molecular weight is 373 g/mol. The predicted octanol–water partition coefficient (Wildman–Crippen LogP) is 2.54. The number of amides is 1. The third-order valence-corrected chi connectivity index (χ3v) is 4.54. The van der Waals surface area contributed by atoms with Gasteiger partial charge in [0, 0.05) is 37.3 Å². The number of non-ortho nitro benzene ring substituents is 1. The lowest BCUT2D eigenvalue weighted by Crippen LogP contribution is -2.43. The third kappa shape index (κ3) is 4.87. The second-order valence-corrected chi connectivity index (χ2v) is 6.23. The van der Waals surface area contributed by atoms with Crippen molar-refractivity contribution < 1.29 is 18.8 Å². The van der Waals surface area contributed by atoms with Crippen LogP contribution in [0.1, 0.15) is 22.0 Å². The Kier molecular flexibility index (Phi) is 6.10. The maximum atomic E-state index is 13.3. The maximum Gasteiger partial charge on any atom is 0.269 e. The van der Waals surface area contributed by atoms with E-state index in [1.165, 1.54) is 36.4 Å². The van der Waals surface area contributed by atoms with Gasteiger partial charge in [-0.25, -0.2) is 4.39 Å². The summed E-state index contributed by atoms with van der Waals surface area (Å²) in [6.45, 7) is 2.98. The molecule has 1 fully saturated rings. The van der Waals surface area contributed by atoms with Crippen LogP contribution in [-0.4, -0.2) is 48.6 Å². The van der Waals surface area contributed by atoms with Crippen molar-refractivity contribution in [1.29, 1.82) is 0 Å². The van der Waals surface area contributed by atoms with Crippen LogP contribution in [0.3, 0.4) is 0 Å². The van der Waals surface area contributed by atoms with Crippen LogP contribution in [0.2, 0.25) is 0 Å². The van der Waals surface area contributed by atoms with Gasteiger partial charge in [0.25, 0.3) is 11.6 Å². The van der Waals surface area contributed by atoms with Crippen LogP contribution in [0, 0.1) is 15.9 Å². The largest absolute Gasteiger partial charge is 0.379 e. The van der Waals surface area contributed by atoms with Crippen molar-refractivity contribution in [2.45, 2.75) is 6.04 Å². The van der Waals surface area contributed by atoms with Crippen LogP contribution in [-0.2, 0) is 4.74 Å². The molecule has 0 saturated carbocycles. The molecule has 7 nitrogen and oxygen atoms in total. The van der Waals surface area contributed by atoms with Crippen LogP contribution in [0.4, 0.5) is 10.1 Å². The molecule has 0 aromatic heterocycles. The fraction of sp³-hybridized carbons (Fsp3) is 0.316. The lowest BCUT2D eigenvalue weighted by Gasteiger charge is -2.35. The first-order valence-corrected chi connectivity index (χ1v) is 8.64. The summed E-state index contributed by atoms with van der Waals surface area (Å²) < 4.78 is 18.7. The van der Waals surface area contributed by atoms with E-state index in [1.54, 1.807) is 12.1 Å². The van der Waals surface area contributed by atoms with Crippen molar-refractivity contribution in [3.63, 3.8) is 0 Å². The van der Waals surface area contributed by atoms with Crippen molar-refractivity contribution in [2.75, 3.05) is 32.8 Å². The molecule has 0 spiro atoms. The first-order valence-electron chi connectivity index (χ1n) is 8.64. The lowest BCUT2D eigenvalue weighted by atomic mass is 10.0. The number of nitro groups is 1. The van der Waals surface area contributed by atoms with Gasteiger partial charge in [-0.15, -0.1) is 0 Å². The number of hydrogen-bond donors (Lipinski definition) is 1. The van der Waals surface area contributed by atoms with E-state index in [0.29, 0.717) is 25.3 Å². The molecule has 1 heterocycles. The zero-order chi connectivity index (χ0) is 19.2. The molecular formula is C19H20FN3O4. The molecule has 8 heteroatoms. The molecular weight excluding hydrogens is 353 g/mol. The fourth-order valence-corrected chi connectivity index (χ4v) is 3.06. The van der Waals surface area contributed by atoms with Crippen molar-refractivity contribution >= 4 is 11.6 Å². The van der Waals surface area contributed by atoms with E-state index in [2.05, 4.69) is 10.2 Å². The Hall–Kier alpha value is -2.84. The van der Waals surface area contributed by atoms with Crippen molar-refractivity contribution in [3.05, 3.63) is 75.6 Å². The number of ether oxygens (including phenoxy) is 1. The predicted molar refractivity (Wildman–Crippen MR) is 97.0 cm³/mol. The number of nitro benzene ring substituents is 1. The average Bonchev–Trinajstić information content (AvgIpc) is 2.70. The topological polar surface area (TPSA) is 84.7 Å². The molecule has 0 bridgehead atoms. The second-order valence-electron chi connectivity index (χ2n) is 6.23. The molecule has 1 atom stereocenters. The molecule has 27 heavy (non-hydrogen) atoms. The zero-order valence-electron chi connectivity index (χ0n) is 14.6. The molecule has 1 amide bonds. The van der Waals surface area contributed by atoms with E-state index in [9.17, 15) is 19.3 Å². The molecule has 2 aromatic carbocycles. The number of benzene rings is 2. The summed E-state index contributed by atoms with van der Waals surface area (Å²) >= 11 is 0. The quantitative estimate of drug-likeness (QED) is 0.621. The second kappa shape index (κ2) is 8.70. The summed E-state index contributed by atoms with van der Waals surface area (Å²) in [5, 5.41) is 13.6. The van der Waals surface area contributed by atoms with E-state index in [4.69, 9.17) is 4.74 Å². The molecule has 1 N–H and O–H groups in total. The van der Waals surface area contributed by atoms with E-state index >= 15 is 0 Å². The number of carbonyl (C=O) groups is 1. The molecule has 1 aliphatic rings. The fourth-order valence-electron chi connectivity index (χ4n) is 3.06. The summed E-state index contributed by atoms with van der Waals surface area (Å²) in [5.74, 6) is -0.625. The first-order chi connectivity index (χ1) is 13.0. The van der Waals surface area contributed by atoms with Gasteiger partial charge in [0.05, 0.1) is 24.2 Å². The SMILES string of the molecule is O=C(NC[C@@H](c1ccc(F)cc1)N1CCOCC1)c1ccc([N+](=O)[O-])cc1. The molecule has 0 aliphatic carbocycles. The molecule has 0 radical (unpaired) electrons. The van der Waals surface area contributed by atoms with Gasteiger partial charge < -0.3 is 10.1 Å².